The standard InChI is InChI=1S/C28H37N5O2S/c1-20-17-28(5,6)33(19-20)26-21(10-9-15-29-26)18-30-36(34,35)25-14-8-13-24(32-25)31-23-12-7-11-22(16-23)27(2,3)4/h7-16,20,30H,17-19H2,1-6H3,(H,31,32). The summed E-state index contributed by atoms with van der Waals surface area (Å²) < 4.78 is 29.1. The molecular formula is C28H37N5O2S. The van der Waals surface area contributed by atoms with Crippen LogP contribution in [0, 0.1) is 5.92 Å². The molecule has 1 aromatic carbocycles. The Morgan fingerprint density at radius 1 is 1.08 bits per heavy atom. The van der Waals surface area contributed by atoms with Gasteiger partial charge in [0.2, 0.25) is 0 Å². The second-order valence-corrected chi connectivity index (χ2v) is 13.1. The van der Waals surface area contributed by atoms with Crippen molar-refractivity contribution in [1.29, 1.82) is 0 Å². The fourth-order valence-corrected chi connectivity index (χ4v) is 5.83. The van der Waals surface area contributed by atoms with E-state index in [9.17, 15) is 8.42 Å². The second-order valence-electron chi connectivity index (χ2n) is 11.4. The number of rotatable bonds is 7. The van der Waals surface area contributed by atoms with Crippen molar-refractivity contribution in [2.75, 3.05) is 16.8 Å². The quantitative estimate of drug-likeness (QED) is 0.432. The molecule has 0 spiro atoms. The highest BCUT2D eigenvalue weighted by molar-refractivity contribution is 7.89. The fourth-order valence-electron chi connectivity index (χ4n) is 4.86. The molecule has 0 amide bonds. The average molecular weight is 508 g/mol. The van der Waals surface area contributed by atoms with E-state index in [-0.39, 0.29) is 22.5 Å². The van der Waals surface area contributed by atoms with Crippen LogP contribution in [0.4, 0.5) is 17.3 Å². The van der Waals surface area contributed by atoms with Crippen LogP contribution in [-0.2, 0) is 22.0 Å². The molecule has 1 aliphatic heterocycles. The van der Waals surface area contributed by atoms with E-state index in [1.807, 2.05) is 24.3 Å². The van der Waals surface area contributed by atoms with Crippen LogP contribution in [0.2, 0.25) is 0 Å². The van der Waals surface area contributed by atoms with Crippen LogP contribution >= 0.6 is 0 Å². The molecule has 192 valence electrons. The van der Waals surface area contributed by atoms with Gasteiger partial charge in [-0.25, -0.2) is 23.1 Å². The third kappa shape index (κ3) is 5.87. The number of benzene rings is 1. The number of hydrogen-bond acceptors (Lipinski definition) is 6. The topological polar surface area (TPSA) is 87.2 Å². The van der Waals surface area contributed by atoms with E-state index in [0.29, 0.717) is 11.7 Å². The SMILES string of the molecule is CC1CN(c2ncccc2CNS(=O)(=O)c2cccc(Nc3cccc(C(C)(C)C)c3)n2)C(C)(C)C1. The first kappa shape index (κ1) is 26.1. The number of hydrogen-bond donors (Lipinski definition) is 2. The molecule has 36 heavy (non-hydrogen) atoms. The number of sulfonamides is 1. The van der Waals surface area contributed by atoms with E-state index in [4.69, 9.17) is 0 Å². The second kappa shape index (κ2) is 9.82. The zero-order valence-corrected chi connectivity index (χ0v) is 22.9. The summed E-state index contributed by atoms with van der Waals surface area (Å²) in [6.07, 6.45) is 2.83. The molecule has 0 aliphatic carbocycles. The lowest BCUT2D eigenvalue weighted by atomic mass is 9.87. The number of pyridine rings is 2. The van der Waals surface area contributed by atoms with Crippen LogP contribution in [0.1, 0.15) is 59.1 Å². The molecule has 0 saturated carbocycles. The van der Waals surface area contributed by atoms with Gasteiger partial charge in [-0.3, -0.25) is 0 Å². The molecule has 1 fully saturated rings. The van der Waals surface area contributed by atoms with Gasteiger partial charge in [0.25, 0.3) is 10.0 Å². The Morgan fingerprint density at radius 2 is 1.83 bits per heavy atom. The molecule has 1 atom stereocenters. The van der Waals surface area contributed by atoms with Gasteiger partial charge in [-0.2, -0.15) is 0 Å². The molecule has 4 rings (SSSR count). The van der Waals surface area contributed by atoms with E-state index in [1.165, 1.54) is 11.6 Å². The summed E-state index contributed by atoms with van der Waals surface area (Å²) in [5, 5.41) is 3.21. The molecule has 8 heteroatoms. The van der Waals surface area contributed by atoms with Crippen molar-refractivity contribution in [3.63, 3.8) is 0 Å². The monoisotopic (exact) mass is 507 g/mol. The largest absolute Gasteiger partial charge is 0.351 e. The van der Waals surface area contributed by atoms with Crippen molar-refractivity contribution < 1.29 is 8.42 Å². The molecule has 1 unspecified atom stereocenters. The van der Waals surface area contributed by atoms with Crippen LogP contribution in [0.25, 0.3) is 0 Å². The van der Waals surface area contributed by atoms with E-state index in [1.54, 1.807) is 18.3 Å². The molecule has 2 N–H and O–H groups in total. The van der Waals surface area contributed by atoms with E-state index in [2.05, 4.69) is 78.6 Å². The van der Waals surface area contributed by atoms with Crippen molar-refractivity contribution in [3.05, 3.63) is 71.9 Å². The highest BCUT2D eigenvalue weighted by atomic mass is 32.2. The van der Waals surface area contributed by atoms with Gasteiger partial charge in [0.1, 0.15) is 11.6 Å². The number of nitrogens with one attached hydrogen (secondary N) is 2. The molecule has 3 heterocycles. The summed E-state index contributed by atoms with van der Waals surface area (Å²) in [6.45, 7) is 14.2. The predicted octanol–water partition coefficient (Wildman–Crippen LogP) is 5.62. The molecule has 0 radical (unpaired) electrons. The Balaban J connectivity index is 1.51. The highest BCUT2D eigenvalue weighted by Gasteiger charge is 2.38. The first-order chi connectivity index (χ1) is 16.8. The number of nitrogens with zero attached hydrogens (tertiary/aromatic N) is 3. The molecular weight excluding hydrogens is 470 g/mol. The van der Waals surface area contributed by atoms with Crippen molar-refractivity contribution in [2.24, 2.45) is 5.92 Å². The van der Waals surface area contributed by atoms with Crippen LogP contribution in [0.15, 0.2) is 65.8 Å². The Hall–Kier alpha value is -2.97. The first-order valence-corrected chi connectivity index (χ1v) is 13.9. The molecule has 0 bridgehead atoms. The predicted molar refractivity (Wildman–Crippen MR) is 146 cm³/mol. The van der Waals surface area contributed by atoms with E-state index < -0.39 is 10.0 Å². The minimum Gasteiger partial charge on any atom is -0.351 e. The van der Waals surface area contributed by atoms with Crippen molar-refractivity contribution in [3.8, 4) is 0 Å². The Kier molecular flexibility index (Phi) is 7.12. The van der Waals surface area contributed by atoms with Gasteiger partial charge in [-0.1, -0.05) is 52.0 Å². The maximum absolute atomic E-state index is 13.2. The zero-order chi connectivity index (χ0) is 26.1. The Bertz CT molecular complexity index is 1330. The maximum atomic E-state index is 13.2. The van der Waals surface area contributed by atoms with Gasteiger partial charge in [0.15, 0.2) is 5.03 Å². The molecule has 2 aromatic heterocycles. The normalized spacial score (nSPS) is 17.8. The summed E-state index contributed by atoms with van der Waals surface area (Å²) in [7, 11) is -3.83. The third-order valence-electron chi connectivity index (χ3n) is 6.65. The van der Waals surface area contributed by atoms with Crippen molar-refractivity contribution in [2.45, 2.75) is 70.5 Å². The van der Waals surface area contributed by atoms with Gasteiger partial charge in [-0.15, -0.1) is 0 Å². The van der Waals surface area contributed by atoms with Crippen molar-refractivity contribution >= 4 is 27.3 Å². The Morgan fingerprint density at radius 3 is 2.53 bits per heavy atom. The van der Waals surface area contributed by atoms with Gasteiger partial charge in [-0.05, 0) is 67.5 Å². The van der Waals surface area contributed by atoms with Crippen molar-refractivity contribution in [1.82, 2.24) is 14.7 Å². The number of aromatic nitrogens is 2. The lowest BCUT2D eigenvalue weighted by molar-refractivity contribution is 0.485. The minimum absolute atomic E-state index is 0.00764. The van der Waals surface area contributed by atoms with E-state index >= 15 is 0 Å². The van der Waals surface area contributed by atoms with Crippen LogP contribution in [0.5, 0.6) is 0 Å². The fraction of sp³-hybridized carbons (Fsp3) is 0.429. The summed E-state index contributed by atoms with van der Waals surface area (Å²) >= 11 is 0. The zero-order valence-electron chi connectivity index (χ0n) is 22.0. The van der Waals surface area contributed by atoms with Crippen LogP contribution in [0.3, 0.4) is 0 Å². The smallest absolute Gasteiger partial charge is 0.258 e. The number of anilines is 3. The van der Waals surface area contributed by atoms with E-state index in [0.717, 1.165) is 30.0 Å². The molecule has 1 aliphatic rings. The Labute approximate surface area is 215 Å². The van der Waals surface area contributed by atoms with Crippen LogP contribution < -0.4 is 14.9 Å². The lowest BCUT2D eigenvalue weighted by Gasteiger charge is -2.34. The third-order valence-corrected chi connectivity index (χ3v) is 7.95. The van der Waals surface area contributed by atoms with Crippen LogP contribution in [-0.4, -0.2) is 30.5 Å². The highest BCUT2D eigenvalue weighted by Crippen LogP contribution is 2.37. The first-order valence-electron chi connectivity index (χ1n) is 12.4. The average Bonchev–Trinajstić information content (AvgIpc) is 3.09. The lowest BCUT2D eigenvalue weighted by Crippen LogP contribution is -2.39. The summed E-state index contributed by atoms with van der Waals surface area (Å²) in [5.74, 6) is 1.85. The van der Waals surface area contributed by atoms with Gasteiger partial charge in [0.05, 0.1) is 0 Å². The minimum atomic E-state index is -3.83. The van der Waals surface area contributed by atoms with Gasteiger partial charge < -0.3 is 10.2 Å². The molecule has 7 nitrogen and oxygen atoms in total. The molecule has 3 aromatic rings. The molecule has 1 saturated heterocycles. The van der Waals surface area contributed by atoms with Gasteiger partial charge >= 0.3 is 0 Å². The van der Waals surface area contributed by atoms with Gasteiger partial charge in [0, 0.05) is 36.1 Å². The summed E-state index contributed by atoms with van der Waals surface area (Å²) in [4.78, 5) is 11.3. The summed E-state index contributed by atoms with van der Waals surface area (Å²) in [5.41, 5.74) is 2.86. The maximum Gasteiger partial charge on any atom is 0.258 e. The summed E-state index contributed by atoms with van der Waals surface area (Å²) in [6, 6.07) is 16.8.